The van der Waals surface area contributed by atoms with E-state index >= 15 is 0 Å². The van der Waals surface area contributed by atoms with Crippen LogP contribution in [0.25, 0.3) is 11.0 Å². The molecule has 7 heteroatoms. The van der Waals surface area contributed by atoms with Crippen molar-refractivity contribution < 1.29 is 9.53 Å². The number of para-hydroxylation sites is 2. The Morgan fingerprint density at radius 2 is 1.93 bits per heavy atom. The SMILES string of the molecule is O=C(c1ccc(OCc2cscn2)cc1)N1CCC(c2nc3ccccc3[nH]2)CC1. The average molecular weight is 419 g/mol. The number of rotatable bonds is 5. The number of thiazole rings is 1. The van der Waals surface area contributed by atoms with Crippen molar-refractivity contribution in [2.45, 2.75) is 25.4 Å². The van der Waals surface area contributed by atoms with Gasteiger partial charge in [-0.05, 0) is 49.2 Å². The maximum Gasteiger partial charge on any atom is 0.253 e. The molecule has 1 saturated heterocycles. The van der Waals surface area contributed by atoms with E-state index in [4.69, 9.17) is 9.72 Å². The van der Waals surface area contributed by atoms with Crippen LogP contribution in [0.1, 0.15) is 40.6 Å². The average Bonchev–Trinajstić information content (AvgIpc) is 3.47. The highest BCUT2D eigenvalue weighted by molar-refractivity contribution is 7.07. The quantitative estimate of drug-likeness (QED) is 0.513. The molecular formula is C23H22N4O2S. The largest absolute Gasteiger partial charge is 0.487 e. The lowest BCUT2D eigenvalue weighted by Crippen LogP contribution is -2.38. The van der Waals surface area contributed by atoms with E-state index in [1.54, 1.807) is 16.8 Å². The second-order valence-corrected chi connectivity index (χ2v) is 8.22. The Morgan fingerprint density at radius 1 is 1.13 bits per heavy atom. The van der Waals surface area contributed by atoms with Gasteiger partial charge in [0.15, 0.2) is 0 Å². The van der Waals surface area contributed by atoms with Crippen molar-refractivity contribution in [3.63, 3.8) is 0 Å². The number of hydrogen-bond donors (Lipinski definition) is 1. The van der Waals surface area contributed by atoms with Gasteiger partial charge in [-0.25, -0.2) is 9.97 Å². The van der Waals surface area contributed by atoms with Gasteiger partial charge in [0.25, 0.3) is 5.91 Å². The smallest absolute Gasteiger partial charge is 0.253 e. The van der Waals surface area contributed by atoms with Gasteiger partial charge in [0.2, 0.25) is 0 Å². The number of likely N-dealkylation sites (tertiary alicyclic amines) is 1. The Hall–Kier alpha value is -3.19. The molecule has 1 N–H and O–H groups in total. The lowest BCUT2D eigenvalue weighted by Gasteiger charge is -2.31. The maximum atomic E-state index is 12.9. The number of H-pyrrole nitrogens is 1. The molecule has 0 atom stereocenters. The van der Waals surface area contributed by atoms with Crippen LogP contribution in [0.4, 0.5) is 0 Å². The predicted octanol–water partition coefficient (Wildman–Crippen LogP) is 4.62. The van der Waals surface area contributed by atoms with Crippen LogP contribution in [-0.2, 0) is 6.61 Å². The molecule has 0 radical (unpaired) electrons. The molecule has 6 nitrogen and oxygen atoms in total. The third-order valence-electron chi connectivity index (χ3n) is 5.55. The van der Waals surface area contributed by atoms with Crippen molar-refractivity contribution in [1.29, 1.82) is 0 Å². The molecule has 0 saturated carbocycles. The van der Waals surface area contributed by atoms with Crippen LogP contribution in [0, 0.1) is 0 Å². The molecule has 4 aromatic rings. The van der Waals surface area contributed by atoms with Crippen molar-refractivity contribution in [1.82, 2.24) is 19.9 Å². The number of hydrogen-bond acceptors (Lipinski definition) is 5. The van der Waals surface area contributed by atoms with Crippen LogP contribution in [0.2, 0.25) is 0 Å². The highest BCUT2D eigenvalue weighted by atomic mass is 32.1. The number of benzene rings is 2. The molecule has 2 aromatic carbocycles. The number of ether oxygens (including phenoxy) is 1. The number of nitrogens with one attached hydrogen (secondary N) is 1. The topological polar surface area (TPSA) is 71.1 Å². The summed E-state index contributed by atoms with van der Waals surface area (Å²) in [6.07, 6.45) is 1.83. The van der Waals surface area contributed by atoms with E-state index in [9.17, 15) is 4.79 Å². The minimum Gasteiger partial charge on any atom is -0.487 e. The van der Waals surface area contributed by atoms with E-state index in [0.717, 1.165) is 54.2 Å². The van der Waals surface area contributed by atoms with E-state index in [1.807, 2.05) is 52.7 Å². The number of aromatic amines is 1. The zero-order valence-corrected chi connectivity index (χ0v) is 17.3. The third-order valence-corrected chi connectivity index (χ3v) is 6.18. The number of carbonyl (C=O) groups excluding carboxylic acids is 1. The Labute approximate surface area is 178 Å². The van der Waals surface area contributed by atoms with Crippen molar-refractivity contribution in [3.8, 4) is 5.75 Å². The molecule has 1 amide bonds. The molecule has 0 spiro atoms. The van der Waals surface area contributed by atoms with Gasteiger partial charge in [-0.15, -0.1) is 11.3 Å². The zero-order chi connectivity index (χ0) is 20.3. The summed E-state index contributed by atoms with van der Waals surface area (Å²) in [4.78, 5) is 27.2. The van der Waals surface area contributed by atoms with Gasteiger partial charge in [0, 0.05) is 30.0 Å². The standard InChI is InChI=1S/C23H22N4O2S/c28-23(17-5-7-19(8-6-17)29-13-18-14-30-15-24-18)27-11-9-16(10-12-27)22-25-20-3-1-2-4-21(20)26-22/h1-8,14-16H,9-13H2,(H,25,26). The molecule has 5 rings (SSSR count). The summed E-state index contributed by atoms with van der Waals surface area (Å²) >= 11 is 1.55. The summed E-state index contributed by atoms with van der Waals surface area (Å²) < 4.78 is 5.73. The van der Waals surface area contributed by atoms with Crippen LogP contribution < -0.4 is 4.74 Å². The fourth-order valence-corrected chi connectivity index (χ4v) is 4.41. The summed E-state index contributed by atoms with van der Waals surface area (Å²) in [5.74, 6) is 2.21. The van der Waals surface area contributed by atoms with E-state index < -0.39 is 0 Å². The summed E-state index contributed by atoms with van der Waals surface area (Å²) in [7, 11) is 0. The van der Waals surface area contributed by atoms with Gasteiger partial charge in [0.05, 0.1) is 22.2 Å². The van der Waals surface area contributed by atoms with E-state index in [2.05, 4.69) is 16.0 Å². The number of piperidine rings is 1. The Bertz CT molecular complexity index is 1100. The summed E-state index contributed by atoms with van der Waals surface area (Å²) in [5.41, 5.74) is 5.47. The normalized spacial score (nSPS) is 14.9. The van der Waals surface area contributed by atoms with Crippen LogP contribution in [-0.4, -0.2) is 38.8 Å². The van der Waals surface area contributed by atoms with Crippen LogP contribution >= 0.6 is 11.3 Å². The van der Waals surface area contributed by atoms with Crippen LogP contribution in [0.5, 0.6) is 5.75 Å². The molecule has 152 valence electrons. The monoisotopic (exact) mass is 418 g/mol. The minimum atomic E-state index is 0.0732. The fourth-order valence-electron chi connectivity index (χ4n) is 3.86. The molecule has 0 aliphatic carbocycles. The number of carbonyl (C=O) groups is 1. The summed E-state index contributed by atoms with van der Waals surface area (Å²) in [6.45, 7) is 1.91. The predicted molar refractivity (Wildman–Crippen MR) is 117 cm³/mol. The highest BCUT2D eigenvalue weighted by Gasteiger charge is 2.26. The number of fused-ring (bicyclic) bond motifs is 1. The first-order valence-corrected chi connectivity index (χ1v) is 11.0. The molecule has 1 aliphatic rings. The molecule has 30 heavy (non-hydrogen) atoms. The van der Waals surface area contributed by atoms with Gasteiger partial charge in [-0.1, -0.05) is 12.1 Å². The highest BCUT2D eigenvalue weighted by Crippen LogP contribution is 2.28. The number of amides is 1. The van der Waals surface area contributed by atoms with Gasteiger partial charge < -0.3 is 14.6 Å². The van der Waals surface area contributed by atoms with Crippen molar-refractivity contribution >= 4 is 28.3 Å². The van der Waals surface area contributed by atoms with Gasteiger partial charge in [0.1, 0.15) is 18.2 Å². The summed E-state index contributed by atoms with van der Waals surface area (Å²) in [6, 6.07) is 15.5. The molecule has 0 unspecified atom stereocenters. The molecule has 1 aliphatic heterocycles. The van der Waals surface area contributed by atoms with Gasteiger partial charge in [-0.2, -0.15) is 0 Å². The third kappa shape index (κ3) is 3.93. The first-order valence-electron chi connectivity index (χ1n) is 10.1. The van der Waals surface area contributed by atoms with Crippen LogP contribution in [0.15, 0.2) is 59.4 Å². The lowest BCUT2D eigenvalue weighted by atomic mass is 9.95. The van der Waals surface area contributed by atoms with Crippen molar-refractivity contribution in [2.75, 3.05) is 13.1 Å². The molecule has 0 bridgehead atoms. The Balaban J connectivity index is 1.18. The second-order valence-electron chi connectivity index (χ2n) is 7.50. The fraction of sp³-hybridized carbons (Fsp3) is 0.261. The van der Waals surface area contributed by atoms with Gasteiger partial charge in [-0.3, -0.25) is 4.79 Å². The number of nitrogens with zero attached hydrogens (tertiary/aromatic N) is 3. The maximum absolute atomic E-state index is 12.9. The second kappa shape index (κ2) is 8.28. The molecule has 3 heterocycles. The van der Waals surface area contributed by atoms with E-state index in [-0.39, 0.29) is 5.91 Å². The Kier molecular flexibility index (Phi) is 5.19. The lowest BCUT2D eigenvalue weighted by molar-refractivity contribution is 0.0711. The zero-order valence-electron chi connectivity index (χ0n) is 16.5. The number of imidazole rings is 1. The molecule has 2 aromatic heterocycles. The molecule has 1 fully saturated rings. The van der Waals surface area contributed by atoms with Crippen LogP contribution in [0.3, 0.4) is 0 Å². The first kappa shape index (κ1) is 18.8. The summed E-state index contributed by atoms with van der Waals surface area (Å²) in [5, 5.41) is 1.97. The van der Waals surface area contributed by atoms with E-state index in [0.29, 0.717) is 18.1 Å². The molecular weight excluding hydrogens is 396 g/mol. The Morgan fingerprint density at radius 3 is 2.67 bits per heavy atom. The van der Waals surface area contributed by atoms with E-state index in [1.165, 1.54) is 0 Å². The number of aromatic nitrogens is 3. The first-order chi connectivity index (χ1) is 14.8. The minimum absolute atomic E-state index is 0.0732. The van der Waals surface area contributed by atoms with Crippen molar-refractivity contribution in [2.24, 2.45) is 0 Å². The van der Waals surface area contributed by atoms with Crippen molar-refractivity contribution in [3.05, 3.63) is 76.5 Å². The van der Waals surface area contributed by atoms with Gasteiger partial charge >= 0.3 is 0 Å².